The van der Waals surface area contributed by atoms with Crippen LogP contribution in [0.1, 0.15) is 31.8 Å². The van der Waals surface area contributed by atoms with Crippen molar-refractivity contribution < 1.29 is 23.8 Å². The van der Waals surface area contributed by atoms with E-state index in [-0.39, 0.29) is 0 Å². The van der Waals surface area contributed by atoms with Gasteiger partial charge in [0.2, 0.25) is 0 Å². The smallest absolute Gasteiger partial charge is 0.341 e. The minimum Gasteiger partial charge on any atom is -0.465 e. The standard InChI is InChI=1S/C18H16O5/c1-21-17(19)13-7-3-5-11-9-10-12-6-4-8-14(18(20)22-2)16(12)23-15(11)13/h3-8H,9-10H2,1-2H3. The summed E-state index contributed by atoms with van der Waals surface area (Å²) in [6.07, 6.45) is 1.41. The van der Waals surface area contributed by atoms with Crippen molar-refractivity contribution in [1.82, 2.24) is 0 Å². The second-order valence-corrected chi connectivity index (χ2v) is 5.17. The van der Waals surface area contributed by atoms with Crippen LogP contribution in [0, 0.1) is 0 Å². The number of para-hydroxylation sites is 2. The van der Waals surface area contributed by atoms with Crippen molar-refractivity contribution in [2.45, 2.75) is 12.8 Å². The number of esters is 2. The lowest BCUT2D eigenvalue weighted by atomic mass is 10.0. The number of hydrogen-bond acceptors (Lipinski definition) is 5. The summed E-state index contributed by atoms with van der Waals surface area (Å²) in [4.78, 5) is 24.0. The molecule has 0 N–H and O–H groups in total. The topological polar surface area (TPSA) is 61.8 Å². The molecule has 3 rings (SSSR count). The molecule has 1 heterocycles. The molecule has 0 spiro atoms. The van der Waals surface area contributed by atoms with Crippen LogP contribution < -0.4 is 4.74 Å². The van der Waals surface area contributed by atoms with E-state index in [1.165, 1.54) is 14.2 Å². The van der Waals surface area contributed by atoms with E-state index in [2.05, 4.69) is 0 Å². The van der Waals surface area contributed by atoms with E-state index in [1.807, 2.05) is 12.1 Å². The molecule has 1 aliphatic rings. The van der Waals surface area contributed by atoms with Gasteiger partial charge in [-0.15, -0.1) is 0 Å². The van der Waals surface area contributed by atoms with Gasteiger partial charge in [-0.3, -0.25) is 0 Å². The zero-order valence-electron chi connectivity index (χ0n) is 12.9. The molecule has 0 aromatic heterocycles. The molecule has 0 atom stereocenters. The molecule has 5 heteroatoms. The van der Waals surface area contributed by atoms with Crippen molar-refractivity contribution in [3.8, 4) is 11.5 Å². The van der Waals surface area contributed by atoms with Gasteiger partial charge in [-0.1, -0.05) is 24.3 Å². The number of carbonyl (C=O) groups excluding carboxylic acids is 2. The average Bonchev–Trinajstić information content (AvgIpc) is 2.79. The van der Waals surface area contributed by atoms with Crippen LogP contribution in [0.25, 0.3) is 0 Å². The number of fused-ring (bicyclic) bond motifs is 2. The van der Waals surface area contributed by atoms with Crippen LogP contribution in [-0.4, -0.2) is 26.2 Å². The number of rotatable bonds is 2. The number of methoxy groups -OCH3 is 2. The van der Waals surface area contributed by atoms with Crippen molar-refractivity contribution in [2.24, 2.45) is 0 Å². The maximum Gasteiger partial charge on any atom is 0.341 e. The molecular formula is C18H16O5. The highest BCUT2D eigenvalue weighted by molar-refractivity contribution is 5.95. The molecule has 2 aromatic rings. The third-order valence-corrected chi connectivity index (χ3v) is 3.87. The first kappa shape index (κ1) is 15.1. The summed E-state index contributed by atoms with van der Waals surface area (Å²) in [7, 11) is 2.65. The second-order valence-electron chi connectivity index (χ2n) is 5.17. The summed E-state index contributed by atoms with van der Waals surface area (Å²) in [6.45, 7) is 0. The van der Waals surface area contributed by atoms with Gasteiger partial charge in [-0.2, -0.15) is 0 Å². The Bertz CT molecular complexity index is 713. The van der Waals surface area contributed by atoms with E-state index < -0.39 is 11.9 Å². The van der Waals surface area contributed by atoms with Gasteiger partial charge in [0.25, 0.3) is 0 Å². The van der Waals surface area contributed by atoms with Gasteiger partial charge >= 0.3 is 11.9 Å². The molecule has 5 nitrogen and oxygen atoms in total. The third kappa shape index (κ3) is 2.65. The normalized spacial score (nSPS) is 12.3. The lowest BCUT2D eigenvalue weighted by Crippen LogP contribution is -2.07. The molecule has 0 bridgehead atoms. The first-order valence-corrected chi connectivity index (χ1v) is 7.24. The lowest BCUT2D eigenvalue weighted by molar-refractivity contribution is 0.0593. The van der Waals surface area contributed by atoms with Crippen LogP contribution in [0.4, 0.5) is 0 Å². The van der Waals surface area contributed by atoms with Gasteiger partial charge in [-0.25, -0.2) is 9.59 Å². The molecule has 0 fully saturated rings. The Morgan fingerprint density at radius 1 is 0.826 bits per heavy atom. The molecule has 0 unspecified atom stereocenters. The Labute approximate surface area is 133 Å². The minimum absolute atomic E-state index is 0.345. The maximum atomic E-state index is 12.0. The van der Waals surface area contributed by atoms with Crippen molar-refractivity contribution >= 4 is 11.9 Å². The molecule has 0 saturated carbocycles. The van der Waals surface area contributed by atoms with Gasteiger partial charge in [0.15, 0.2) is 0 Å². The zero-order chi connectivity index (χ0) is 16.4. The number of aryl methyl sites for hydroxylation is 2. The fourth-order valence-electron chi connectivity index (χ4n) is 2.72. The fourth-order valence-corrected chi connectivity index (χ4v) is 2.72. The Balaban J connectivity index is 2.16. The van der Waals surface area contributed by atoms with Gasteiger partial charge in [0.1, 0.15) is 22.6 Å². The molecule has 118 valence electrons. The highest BCUT2D eigenvalue weighted by atomic mass is 16.5. The van der Waals surface area contributed by atoms with Crippen LogP contribution in [0.5, 0.6) is 11.5 Å². The average molecular weight is 312 g/mol. The first-order valence-electron chi connectivity index (χ1n) is 7.24. The van der Waals surface area contributed by atoms with Crippen LogP contribution in [0.3, 0.4) is 0 Å². The lowest BCUT2D eigenvalue weighted by Gasteiger charge is -2.14. The summed E-state index contributed by atoms with van der Waals surface area (Å²) >= 11 is 0. The third-order valence-electron chi connectivity index (χ3n) is 3.87. The molecule has 0 amide bonds. The van der Waals surface area contributed by atoms with Crippen LogP contribution in [0.15, 0.2) is 36.4 Å². The SMILES string of the molecule is COC(=O)c1cccc2c1Oc1c(cccc1C(=O)OC)CC2. The molecule has 0 aliphatic carbocycles. The number of carbonyl (C=O) groups is 2. The van der Waals surface area contributed by atoms with Crippen LogP contribution in [-0.2, 0) is 22.3 Å². The van der Waals surface area contributed by atoms with E-state index in [0.29, 0.717) is 35.5 Å². The number of hydrogen-bond donors (Lipinski definition) is 0. The Morgan fingerprint density at radius 2 is 1.26 bits per heavy atom. The van der Waals surface area contributed by atoms with E-state index in [1.54, 1.807) is 24.3 Å². The molecule has 23 heavy (non-hydrogen) atoms. The van der Waals surface area contributed by atoms with Gasteiger partial charge in [-0.05, 0) is 36.1 Å². The summed E-state index contributed by atoms with van der Waals surface area (Å²) < 4.78 is 15.6. The minimum atomic E-state index is -0.471. The molecule has 2 aromatic carbocycles. The van der Waals surface area contributed by atoms with Gasteiger partial charge < -0.3 is 14.2 Å². The Morgan fingerprint density at radius 3 is 1.65 bits per heavy atom. The van der Waals surface area contributed by atoms with E-state index in [9.17, 15) is 9.59 Å². The van der Waals surface area contributed by atoms with Crippen molar-refractivity contribution in [3.63, 3.8) is 0 Å². The fraction of sp³-hybridized carbons (Fsp3) is 0.222. The van der Waals surface area contributed by atoms with Crippen molar-refractivity contribution in [2.75, 3.05) is 14.2 Å². The molecule has 1 aliphatic heterocycles. The zero-order valence-corrected chi connectivity index (χ0v) is 12.9. The summed E-state index contributed by atoms with van der Waals surface area (Å²) in [5, 5.41) is 0. The monoisotopic (exact) mass is 312 g/mol. The largest absolute Gasteiger partial charge is 0.465 e. The number of ether oxygens (including phenoxy) is 3. The van der Waals surface area contributed by atoms with Crippen LogP contribution >= 0.6 is 0 Å². The molecule has 0 saturated heterocycles. The predicted octanol–water partition coefficient (Wildman–Crippen LogP) is 3.15. The predicted molar refractivity (Wildman–Crippen MR) is 83.0 cm³/mol. The Hall–Kier alpha value is -2.82. The van der Waals surface area contributed by atoms with Crippen molar-refractivity contribution in [3.05, 3.63) is 58.7 Å². The van der Waals surface area contributed by atoms with E-state index >= 15 is 0 Å². The highest BCUT2D eigenvalue weighted by Crippen LogP contribution is 2.38. The van der Waals surface area contributed by atoms with Crippen LogP contribution in [0.2, 0.25) is 0 Å². The van der Waals surface area contributed by atoms with Gasteiger partial charge in [0, 0.05) is 0 Å². The second kappa shape index (κ2) is 6.12. The Kier molecular flexibility index (Phi) is 4.02. The molecular weight excluding hydrogens is 296 g/mol. The highest BCUT2D eigenvalue weighted by Gasteiger charge is 2.25. The number of benzene rings is 2. The van der Waals surface area contributed by atoms with E-state index in [0.717, 1.165) is 11.1 Å². The van der Waals surface area contributed by atoms with Gasteiger partial charge in [0.05, 0.1) is 14.2 Å². The van der Waals surface area contributed by atoms with E-state index in [4.69, 9.17) is 14.2 Å². The summed E-state index contributed by atoms with van der Waals surface area (Å²) in [6, 6.07) is 10.7. The first-order chi connectivity index (χ1) is 11.2. The quantitative estimate of drug-likeness (QED) is 0.797. The van der Waals surface area contributed by atoms with Crippen molar-refractivity contribution in [1.29, 1.82) is 0 Å². The summed E-state index contributed by atoms with van der Waals surface area (Å²) in [5.41, 5.74) is 2.50. The molecule has 0 radical (unpaired) electrons. The maximum absolute atomic E-state index is 12.0. The summed E-state index contributed by atoms with van der Waals surface area (Å²) in [5.74, 6) is -0.0643.